The number of aromatic nitrogens is 3. The van der Waals surface area contributed by atoms with E-state index in [0.29, 0.717) is 24.5 Å². The number of amides is 1. The van der Waals surface area contributed by atoms with Crippen LogP contribution in [-0.2, 0) is 0 Å². The summed E-state index contributed by atoms with van der Waals surface area (Å²) in [4.78, 5) is 27.0. The van der Waals surface area contributed by atoms with Gasteiger partial charge in [0.25, 0.3) is 5.91 Å². The third-order valence-electron chi connectivity index (χ3n) is 5.17. The van der Waals surface area contributed by atoms with E-state index in [-0.39, 0.29) is 23.3 Å². The predicted octanol–water partition coefficient (Wildman–Crippen LogP) is 2.59. The number of likely N-dealkylation sites (tertiary alicyclic amines) is 1. The van der Waals surface area contributed by atoms with Gasteiger partial charge in [0.05, 0.1) is 11.3 Å². The summed E-state index contributed by atoms with van der Waals surface area (Å²) in [5, 5.41) is 16.9. The van der Waals surface area contributed by atoms with Gasteiger partial charge in [-0.3, -0.25) is 4.79 Å². The van der Waals surface area contributed by atoms with Gasteiger partial charge in [0.2, 0.25) is 0 Å². The number of benzene rings is 2. The molecule has 1 fully saturated rings. The summed E-state index contributed by atoms with van der Waals surface area (Å²) >= 11 is 0. The van der Waals surface area contributed by atoms with Crippen molar-refractivity contribution in [2.75, 3.05) is 13.1 Å². The number of hydrogen-bond donors (Lipinski definition) is 2. The minimum atomic E-state index is -0.291. The molecule has 7 heteroatoms. The molecule has 1 aliphatic rings. The molecule has 144 valence electrons. The molecule has 1 atom stereocenters. The second kappa shape index (κ2) is 7.34. The van der Waals surface area contributed by atoms with Crippen LogP contribution in [0.25, 0.3) is 5.69 Å². The van der Waals surface area contributed by atoms with Crippen LogP contribution in [0.1, 0.15) is 40.5 Å². The fraction of sp³-hybridized carbons (Fsp3) is 0.286. The molecule has 7 nitrogen and oxygen atoms in total. The topological polar surface area (TPSA) is 91.2 Å². The molecule has 2 heterocycles. The van der Waals surface area contributed by atoms with E-state index in [1.807, 2.05) is 37.3 Å². The molecule has 1 aromatic heterocycles. The predicted molar refractivity (Wildman–Crippen MR) is 105 cm³/mol. The molecule has 1 saturated heterocycles. The van der Waals surface area contributed by atoms with Gasteiger partial charge in [0, 0.05) is 19.0 Å². The zero-order valence-electron chi connectivity index (χ0n) is 15.6. The Morgan fingerprint density at radius 3 is 2.79 bits per heavy atom. The Kier molecular flexibility index (Phi) is 4.73. The Labute approximate surface area is 162 Å². The van der Waals surface area contributed by atoms with Crippen molar-refractivity contribution in [2.45, 2.75) is 25.7 Å². The molecule has 28 heavy (non-hydrogen) atoms. The molecule has 1 aliphatic heterocycles. The van der Waals surface area contributed by atoms with Gasteiger partial charge >= 0.3 is 5.69 Å². The number of phenols is 1. The Morgan fingerprint density at radius 1 is 1.21 bits per heavy atom. The molecule has 0 saturated carbocycles. The second-order valence-electron chi connectivity index (χ2n) is 7.17. The van der Waals surface area contributed by atoms with E-state index >= 15 is 0 Å². The summed E-state index contributed by atoms with van der Waals surface area (Å²) in [5.41, 5.74) is 1.68. The third kappa shape index (κ3) is 3.31. The van der Waals surface area contributed by atoms with Crippen molar-refractivity contribution < 1.29 is 9.90 Å². The summed E-state index contributed by atoms with van der Waals surface area (Å²) in [7, 11) is 0. The molecule has 1 amide bonds. The summed E-state index contributed by atoms with van der Waals surface area (Å²) in [6.07, 6.45) is 1.64. The number of H-pyrrole nitrogens is 1. The van der Waals surface area contributed by atoms with E-state index in [1.165, 1.54) is 0 Å². The summed E-state index contributed by atoms with van der Waals surface area (Å²) in [5.74, 6) is 0.347. The van der Waals surface area contributed by atoms with Crippen LogP contribution in [0, 0.1) is 6.92 Å². The number of carbonyl (C=O) groups is 1. The van der Waals surface area contributed by atoms with Crippen molar-refractivity contribution in [1.82, 2.24) is 19.7 Å². The number of nitrogens with zero attached hydrogens (tertiary/aromatic N) is 3. The van der Waals surface area contributed by atoms with Gasteiger partial charge < -0.3 is 10.0 Å². The lowest BCUT2D eigenvalue weighted by Gasteiger charge is -2.32. The zero-order chi connectivity index (χ0) is 19.7. The quantitative estimate of drug-likeness (QED) is 0.733. The Hall–Kier alpha value is -3.35. The Bertz CT molecular complexity index is 1060. The lowest BCUT2D eigenvalue weighted by molar-refractivity contribution is 0.0700. The van der Waals surface area contributed by atoms with Crippen LogP contribution >= 0.6 is 0 Å². The molecule has 0 bridgehead atoms. The highest BCUT2D eigenvalue weighted by atomic mass is 16.3. The molecule has 2 N–H and O–H groups in total. The first-order valence-corrected chi connectivity index (χ1v) is 9.36. The lowest BCUT2D eigenvalue weighted by atomic mass is 9.96. The Balaban J connectivity index is 1.63. The van der Waals surface area contributed by atoms with Crippen molar-refractivity contribution in [3.8, 4) is 11.4 Å². The highest BCUT2D eigenvalue weighted by Crippen LogP contribution is 2.29. The molecular weight excluding hydrogens is 356 g/mol. The van der Waals surface area contributed by atoms with Crippen LogP contribution in [0.15, 0.2) is 53.3 Å². The van der Waals surface area contributed by atoms with Crippen LogP contribution in [0.4, 0.5) is 0 Å². The number of aryl methyl sites for hydroxylation is 1. The average Bonchev–Trinajstić information content (AvgIpc) is 3.11. The number of nitrogens with one attached hydrogen (secondary N) is 1. The smallest absolute Gasteiger partial charge is 0.347 e. The summed E-state index contributed by atoms with van der Waals surface area (Å²) in [6.45, 7) is 2.95. The number of rotatable bonds is 3. The first kappa shape index (κ1) is 18.0. The number of aromatic amines is 1. The molecule has 2 aromatic carbocycles. The highest BCUT2D eigenvalue weighted by molar-refractivity contribution is 5.97. The van der Waals surface area contributed by atoms with Crippen molar-refractivity contribution in [3.05, 3.63) is 76.0 Å². The van der Waals surface area contributed by atoms with E-state index in [2.05, 4.69) is 10.2 Å². The van der Waals surface area contributed by atoms with Crippen molar-refractivity contribution in [3.63, 3.8) is 0 Å². The van der Waals surface area contributed by atoms with E-state index in [1.54, 1.807) is 27.7 Å². The van der Waals surface area contributed by atoms with Gasteiger partial charge in [0.1, 0.15) is 11.6 Å². The standard InChI is InChI=1S/C21H22N4O3/c1-14-9-10-18(26)17(12-14)20(27)24-11-5-6-15(13-24)19-22-23-21(28)25(19)16-7-3-2-4-8-16/h2-4,7-10,12,15,26H,5-6,11,13H2,1H3,(H,23,28)/t15-/m0/s1. The number of aromatic hydroxyl groups is 1. The average molecular weight is 378 g/mol. The van der Waals surface area contributed by atoms with Crippen LogP contribution in [0.2, 0.25) is 0 Å². The lowest BCUT2D eigenvalue weighted by Crippen LogP contribution is -2.40. The highest BCUT2D eigenvalue weighted by Gasteiger charge is 2.30. The van der Waals surface area contributed by atoms with E-state index in [9.17, 15) is 14.7 Å². The maximum atomic E-state index is 13.0. The largest absolute Gasteiger partial charge is 0.507 e. The van der Waals surface area contributed by atoms with Crippen molar-refractivity contribution in [1.29, 1.82) is 0 Å². The fourth-order valence-electron chi connectivity index (χ4n) is 3.77. The van der Waals surface area contributed by atoms with Crippen LogP contribution in [0.5, 0.6) is 5.75 Å². The van der Waals surface area contributed by atoms with E-state index < -0.39 is 0 Å². The van der Waals surface area contributed by atoms with Gasteiger partial charge in [-0.25, -0.2) is 14.5 Å². The minimum absolute atomic E-state index is 0.0151. The zero-order valence-corrected chi connectivity index (χ0v) is 15.6. The number of phenolic OH excluding ortho intramolecular Hbond substituents is 1. The van der Waals surface area contributed by atoms with Gasteiger partial charge in [-0.15, -0.1) is 0 Å². The first-order valence-electron chi connectivity index (χ1n) is 9.36. The molecule has 0 spiro atoms. The van der Waals surface area contributed by atoms with E-state index in [4.69, 9.17) is 0 Å². The number of carbonyl (C=O) groups excluding carboxylic acids is 1. The minimum Gasteiger partial charge on any atom is -0.507 e. The van der Waals surface area contributed by atoms with E-state index in [0.717, 1.165) is 24.1 Å². The van der Waals surface area contributed by atoms with Gasteiger partial charge in [-0.1, -0.05) is 29.8 Å². The van der Waals surface area contributed by atoms with Crippen molar-refractivity contribution in [2.24, 2.45) is 0 Å². The molecule has 4 rings (SSSR count). The second-order valence-corrected chi connectivity index (χ2v) is 7.17. The maximum absolute atomic E-state index is 13.0. The Morgan fingerprint density at radius 2 is 2.00 bits per heavy atom. The summed E-state index contributed by atoms with van der Waals surface area (Å²) < 4.78 is 1.57. The van der Waals surface area contributed by atoms with Gasteiger partial charge in [-0.05, 0) is 44.0 Å². The number of para-hydroxylation sites is 1. The monoisotopic (exact) mass is 378 g/mol. The number of piperidine rings is 1. The third-order valence-corrected chi connectivity index (χ3v) is 5.17. The molecular formula is C21H22N4O3. The van der Waals surface area contributed by atoms with Crippen LogP contribution in [0.3, 0.4) is 0 Å². The SMILES string of the molecule is Cc1ccc(O)c(C(=O)N2CCC[C@H](c3n[nH]c(=O)n3-c3ccccc3)C2)c1. The van der Waals surface area contributed by atoms with Crippen molar-refractivity contribution >= 4 is 5.91 Å². The summed E-state index contributed by atoms with van der Waals surface area (Å²) in [6, 6.07) is 14.4. The molecule has 0 radical (unpaired) electrons. The van der Waals surface area contributed by atoms with Gasteiger partial charge in [0.15, 0.2) is 0 Å². The molecule has 0 aliphatic carbocycles. The first-order chi connectivity index (χ1) is 13.5. The fourth-order valence-corrected chi connectivity index (χ4v) is 3.77. The van der Waals surface area contributed by atoms with Crippen LogP contribution in [-0.4, -0.2) is 43.8 Å². The molecule has 0 unspecified atom stereocenters. The van der Waals surface area contributed by atoms with Crippen LogP contribution < -0.4 is 5.69 Å². The van der Waals surface area contributed by atoms with Gasteiger partial charge in [-0.2, -0.15) is 5.10 Å². The maximum Gasteiger partial charge on any atom is 0.347 e. The number of hydrogen-bond acceptors (Lipinski definition) is 4. The normalized spacial score (nSPS) is 16.9. The molecule has 3 aromatic rings.